The first-order chi connectivity index (χ1) is 22.3. The van der Waals surface area contributed by atoms with E-state index in [1.807, 2.05) is 6.07 Å². The Balaban J connectivity index is 1.18. The quantitative estimate of drug-likeness (QED) is 0.374. The fourth-order valence-electron chi connectivity index (χ4n) is 6.76. The number of alkyl halides is 3. The molecule has 256 valence electrons. The van der Waals surface area contributed by atoms with Gasteiger partial charge in [-0.2, -0.15) is 13.2 Å². The molecule has 2 aromatic heterocycles. The SMILES string of the molecule is Cc1nc(-c2nc(NC3CCN(S(C)(=O)=O)CC3)ncc2C(F)(F)F)cn1-c1ccc(N2CCC(N3CCN(C)CC3)CC2)cc1F. The van der Waals surface area contributed by atoms with Gasteiger partial charge in [0.05, 0.1) is 11.9 Å². The molecule has 6 rings (SSSR count). The number of piperidine rings is 2. The van der Waals surface area contributed by atoms with Crippen molar-refractivity contribution in [3.05, 3.63) is 47.8 Å². The number of aromatic nitrogens is 4. The first-order valence-electron chi connectivity index (χ1n) is 16.0. The Kier molecular flexibility index (Phi) is 9.48. The van der Waals surface area contributed by atoms with Crippen LogP contribution in [0.5, 0.6) is 0 Å². The lowest BCUT2D eigenvalue weighted by atomic mass is 10.0. The molecular weight excluding hydrogens is 638 g/mol. The molecule has 16 heteroatoms. The number of hydrogen-bond donors (Lipinski definition) is 1. The second-order valence-corrected chi connectivity index (χ2v) is 14.8. The van der Waals surface area contributed by atoms with Crippen LogP contribution in [0.25, 0.3) is 17.1 Å². The number of imidazole rings is 1. The molecule has 0 radical (unpaired) electrons. The van der Waals surface area contributed by atoms with Crippen LogP contribution in [0.4, 0.5) is 29.2 Å². The maximum atomic E-state index is 15.6. The zero-order chi connectivity index (χ0) is 33.5. The number of halogens is 4. The summed E-state index contributed by atoms with van der Waals surface area (Å²) in [5.41, 5.74) is -0.604. The summed E-state index contributed by atoms with van der Waals surface area (Å²) in [4.78, 5) is 19.5. The van der Waals surface area contributed by atoms with Crippen LogP contribution in [0.1, 0.15) is 37.1 Å². The Morgan fingerprint density at radius 3 is 2.23 bits per heavy atom. The predicted molar refractivity (Wildman–Crippen MR) is 172 cm³/mol. The molecule has 1 N–H and O–H groups in total. The number of piperazine rings is 1. The number of sulfonamides is 1. The molecule has 3 fully saturated rings. The van der Waals surface area contributed by atoms with E-state index < -0.39 is 33.3 Å². The van der Waals surface area contributed by atoms with Gasteiger partial charge in [0, 0.05) is 82.5 Å². The predicted octanol–water partition coefficient (Wildman–Crippen LogP) is 3.85. The van der Waals surface area contributed by atoms with Crippen LogP contribution >= 0.6 is 0 Å². The van der Waals surface area contributed by atoms with Crippen molar-refractivity contribution in [2.45, 2.75) is 50.9 Å². The summed E-state index contributed by atoms with van der Waals surface area (Å²) in [6.45, 7) is 8.10. The number of nitrogens with one attached hydrogen (secondary N) is 1. The van der Waals surface area contributed by atoms with Crippen molar-refractivity contribution in [3.63, 3.8) is 0 Å². The highest BCUT2D eigenvalue weighted by Crippen LogP contribution is 2.37. The molecule has 0 unspecified atom stereocenters. The molecule has 0 saturated carbocycles. The van der Waals surface area contributed by atoms with E-state index in [9.17, 15) is 21.6 Å². The molecular formula is C31H41F4N9O2S. The monoisotopic (exact) mass is 679 g/mol. The third-order valence-electron chi connectivity index (χ3n) is 9.55. The minimum absolute atomic E-state index is 0.0232. The van der Waals surface area contributed by atoms with Crippen LogP contribution in [-0.2, 0) is 16.2 Å². The summed E-state index contributed by atoms with van der Waals surface area (Å²) in [6.07, 6.45) is 1.38. The molecule has 11 nitrogen and oxygen atoms in total. The molecule has 0 atom stereocenters. The Morgan fingerprint density at radius 2 is 1.62 bits per heavy atom. The minimum Gasteiger partial charge on any atom is -0.371 e. The van der Waals surface area contributed by atoms with Crippen LogP contribution < -0.4 is 10.2 Å². The van der Waals surface area contributed by atoms with E-state index in [0.29, 0.717) is 30.9 Å². The second kappa shape index (κ2) is 13.3. The van der Waals surface area contributed by atoms with Crippen LogP contribution in [-0.4, -0.2) is 120 Å². The van der Waals surface area contributed by atoms with Crippen molar-refractivity contribution in [1.82, 2.24) is 33.6 Å². The van der Waals surface area contributed by atoms with Crippen molar-refractivity contribution in [3.8, 4) is 17.1 Å². The summed E-state index contributed by atoms with van der Waals surface area (Å²) in [5, 5.41) is 3.05. The number of aryl methyl sites for hydroxylation is 1. The smallest absolute Gasteiger partial charge is 0.371 e. The van der Waals surface area contributed by atoms with Gasteiger partial charge in [0.25, 0.3) is 0 Å². The Labute approximate surface area is 272 Å². The van der Waals surface area contributed by atoms with E-state index in [4.69, 9.17) is 0 Å². The van der Waals surface area contributed by atoms with Crippen molar-refractivity contribution in [1.29, 1.82) is 0 Å². The lowest BCUT2D eigenvalue weighted by molar-refractivity contribution is -0.137. The normalized spacial score (nSPS) is 20.2. The number of hydrogen-bond acceptors (Lipinski definition) is 9. The van der Waals surface area contributed by atoms with Crippen molar-refractivity contribution in [2.75, 3.05) is 75.9 Å². The van der Waals surface area contributed by atoms with Gasteiger partial charge in [0.15, 0.2) is 0 Å². The van der Waals surface area contributed by atoms with Crippen LogP contribution in [0, 0.1) is 12.7 Å². The number of rotatable bonds is 7. The molecule has 0 amide bonds. The molecule has 47 heavy (non-hydrogen) atoms. The molecule has 1 aromatic carbocycles. The van der Waals surface area contributed by atoms with Crippen molar-refractivity contribution >= 4 is 21.7 Å². The number of benzene rings is 1. The molecule has 0 bridgehead atoms. The van der Waals surface area contributed by atoms with Crippen LogP contribution in [0.3, 0.4) is 0 Å². The number of likely N-dealkylation sites (N-methyl/N-ethyl adjacent to an activating group) is 1. The maximum Gasteiger partial charge on any atom is 0.420 e. The summed E-state index contributed by atoms with van der Waals surface area (Å²) in [7, 11) is -1.18. The largest absolute Gasteiger partial charge is 0.420 e. The van der Waals surface area contributed by atoms with E-state index in [2.05, 4.69) is 42.0 Å². The Hall–Kier alpha value is -3.34. The van der Waals surface area contributed by atoms with E-state index in [-0.39, 0.29) is 36.5 Å². The van der Waals surface area contributed by atoms with Gasteiger partial charge in [-0.15, -0.1) is 0 Å². The maximum absolute atomic E-state index is 15.6. The zero-order valence-corrected chi connectivity index (χ0v) is 27.7. The molecule has 3 aliphatic heterocycles. The zero-order valence-electron chi connectivity index (χ0n) is 26.8. The number of nitrogens with zero attached hydrogens (tertiary/aromatic N) is 8. The third kappa shape index (κ3) is 7.55. The third-order valence-corrected chi connectivity index (χ3v) is 10.9. The van der Waals surface area contributed by atoms with Gasteiger partial charge in [-0.3, -0.25) is 4.90 Å². The fourth-order valence-corrected chi connectivity index (χ4v) is 7.64. The van der Waals surface area contributed by atoms with Gasteiger partial charge in [0.1, 0.15) is 28.6 Å². The first-order valence-corrected chi connectivity index (χ1v) is 17.8. The van der Waals surface area contributed by atoms with E-state index in [1.54, 1.807) is 13.0 Å². The van der Waals surface area contributed by atoms with Crippen molar-refractivity contribution in [2.24, 2.45) is 0 Å². The van der Waals surface area contributed by atoms with Gasteiger partial charge < -0.3 is 19.7 Å². The van der Waals surface area contributed by atoms with Crippen molar-refractivity contribution < 1.29 is 26.0 Å². The van der Waals surface area contributed by atoms with Gasteiger partial charge in [0.2, 0.25) is 16.0 Å². The average molecular weight is 680 g/mol. The summed E-state index contributed by atoms with van der Waals surface area (Å²) < 4.78 is 84.3. The lowest BCUT2D eigenvalue weighted by Crippen LogP contribution is -2.52. The fraction of sp³-hybridized carbons (Fsp3) is 0.581. The summed E-state index contributed by atoms with van der Waals surface area (Å²) >= 11 is 0. The molecule has 5 heterocycles. The lowest BCUT2D eigenvalue weighted by Gasteiger charge is -2.42. The van der Waals surface area contributed by atoms with Gasteiger partial charge in [-0.1, -0.05) is 0 Å². The molecule has 3 saturated heterocycles. The summed E-state index contributed by atoms with van der Waals surface area (Å²) in [6, 6.07) is 5.27. The highest BCUT2D eigenvalue weighted by atomic mass is 32.2. The first kappa shape index (κ1) is 33.6. The highest BCUT2D eigenvalue weighted by Gasteiger charge is 2.37. The Morgan fingerprint density at radius 1 is 0.936 bits per heavy atom. The molecule has 0 spiro atoms. The molecule has 3 aromatic rings. The summed E-state index contributed by atoms with van der Waals surface area (Å²) in [5.74, 6) is -0.226. The van der Waals surface area contributed by atoms with Gasteiger partial charge in [-0.25, -0.2) is 32.1 Å². The average Bonchev–Trinajstić information content (AvgIpc) is 3.41. The number of anilines is 2. The van der Waals surface area contributed by atoms with Crippen LogP contribution in [0.15, 0.2) is 30.6 Å². The highest BCUT2D eigenvalue weighted by molar-refractivity contribution is 7.88. The standard InChI is InChI=1S/C31H41F4N9O2S/c1-21-37-27(29-25(31(33,34)35)19-36-30(39-29)38-22-6-12-43(13-7-22)47(3,45)46)20-44(21)28-5-4-24(18-26(28)32)41-10-8-23(9-11-41)42-16-14-40(2)15-17-42/h4-5,18-20,22-23H,6-17H2,1-3H3,(H,36,38,39). The topological polar surface area (TPSA) is 103 Å². The molecule has 0 aliphatic carbocycles. The minimum atomic E-state index is -4.75. The van der Waals surface area contributed by atoms with E-state index in [0.717, 1.165) is 64.1 Å². The second-order valence-electron chi connectivity index (χ2n) is 12.8. The molecule has 3 aliphatic rings. The van der Waals surface area contributed by atoms with Crippen LogP contribution in [0.2, 0.25) is 0 Å². The van der Waals surface area contributed by atoms with E-state index in [1.165, 1.54) is 21.1 Å². The van der Waals surface area contributed by atoms with Gasteiger partial charge >= 0.3 is 6.18 Å². The van der Waals surface area contributed by atoms with E-state index >= 15 is 4.39 Å². The van der Waals surface area contributed by atoms with Gasteiger partial charge in [-0.05, 0) is 57.9 Å². The Bertz CT molecular complexity index is 1680.